The van der Waals surface area contributed by atoms with E-state index in [0.717, 1.165) is 18.5 Å². The molecule has 1 atom stereocenters. The van der Waals surface area contributed by atoms with Crippen molar-refractivity contribution in [1.29, 1.82) is 0 Å². The highest BCUT2D eigenvalue weighted by molar-refractivity contribution is 7.92. The van der Waals surface area contributed by atoms with E-state index in [-0.39, 0.29) is 5.41 Å². The van der Waals surface area contributed by atoms with Crippen LogP contribution in [0.4, 0.5) is 5.69 Å². The lowest BCUT2D eigenvalue weighted by molar-refractivity contribution is 0.419. The van der Waals surface area contributed by atoms with Gasteiger partial charge in [0.25, 0.3) is 0 Å². The summed E-state index contributed by atoms with van der Waals surface area (Å²) < 4.78 is 26.1. The first-order chi connectivity index (χ1) is 11.2. The van der Waals surface area contributed by atoms with Crippen LogP contribution in [0.5, 0.6) is 0 Å². The molecule has 2 aliphatic rings. The number of sulfonamides is 1. The maximum atomic E-state index is 12.2. The largest absolute Gasteiger partial charge is 0.270 e. The lowest BCUT2D eigenvalue weighted by atomic mass is 9.65. The van der Waals surface area contributed by atoms with Gasteiger partial charge in [0.15, 0.2) is 0 Å². The van der Waals surface area contributed by atoms with E-state index in [2.05, 4.69) is 39.0 Å². The zero-order valence-electron chi connectivity index (χ0n) is 14.7. The van der Waals surface area contributed by atoms with Crippen molar-refractivity contribution in [2.75, 3.05) is 17.1 Å². The molecule has 1 heterocycles. The fraction of sp³-hybridized carbons (Fsp3) is 0.400. The van der Waals surface area contributed by atoms with Crippen molar-refractivity contribution >= 4 is 15.7 Å². The average Bonchev–Trinajstić information content (AvgIpc) is 2.48. The summed E-state index contributed by atoms with van der Waals surface area (Å²) in [7, 11) is -3.25. The van der Waals surface area contributed by atoms with Gasteiger partial charge in [-0.1, -0.05) is 31.2 Å². The highest BCUT2D eigenvalue weighted by Crippen LogP contribution is 2.52. The number of nitrogens with zero attached hydrogens (tertiary/aromatic N) is 1. The molecule has 2 aromatic carbocycles. The molecule has 0 radical (unpaired) electrons. The molecular formula is C20H23NO2S. The molecular weight excluding hydrogens is 318 g/mol. The summed E-state index contributed by atoms with van der Waals surface area (Å²) in [6, 6.07) is 10.7. The van der Waals surface area contributed by atoms with Crippen LogP contribution in [-0.4, -0.2) is 21.2 Å². The summed E-state index contributed by atoms with van der Waals surface area (Å²) in [5.41, 5.74) is 8.54. The normalized spacial score (nSPS) is 22.1. The summed E-state index contributed by atoms with van der Waals surface area (Å²) in [5.74, 6) is 0. The third-order valence-corrected chi connectivity index (χ3v) is 6.95. The van der Waals surface area contributed by atoms with Gasteiger partial charge in [-0.15, -0.1) is 0 Å². The Bertz CT molecular complexity index is 962. The number of anilines is 1. The third-order valence-electron chi connectivity index (χ3n) is 5.77. The van der Waals surface area contributed by atoms with E-state index in [0.29, 0.717) is 6.54 Å². The van der Waals surface area contributed by atoms with Gasteiger partial charge in [0.05, 0.1) is 11.9 Å². The van der Waals surface area contributed by atoms with E-state index in [4.69, 9.17) is 0 Å². The molecule has 0 saturated carbocycles. The van der Waals surface area contributed by atoms with Crippen LogP contribution in [0, 0.1) is 13.8 Å². The lowest BCUT2D eigenvalue weighted by Gasteiger charge is -2.45. The maximum absolute atomic E-state index is 12.2. The van der Waals surface area contributed by atoms with Crippen LogP contribution < -0.4 is 4.31 Å². The summed E-state index contributed by atoms with van der Waals surface area (Å²) in [5, 5.41) is 0. The predicted octanol–water partition coefficient (Wildman–Crippen LogP) is 3.95. The molecule has 0 fully saturated rings. The van der Waals surface area contributed by atoms with Crippen LogP contribution in [0.2, 0.25) is 0 Å². The van der Waals surface area contributed by atoms with Gasteiger partial charge in [-0.2, -0.15) is 0 Å². The van der Waals surface area contributed by atoms with Crippen LogP contribution in [0.25, 0.3) is 11.1 Å². The minimum atomic E-state index is -3.25. The van der Waals surface area contributed by atoms with Gasteiger partial charge < -0.3 is 0 Å². The Morgan fingerprint density at radius 2 is 1.79 bits per heavy atom. The van der Waals surface area contributed by atoms with Crippen molar-refractivity contribution in [3.8, 4) is 11.1 Å². The SMILES string of the molecule is Cc1cc2c(cc1C)-c1cccc3c1C(C)(CCN3S(C)(=O)=O)C2. The second-order valence-corrected chi connectivity index (χ2v) is 9.52. The van der Waals surface area contributed by atoms with E-state index in [1.54, 1.807) is 4.31 Å². The van der Waals surface area contributed by atoms with E-state index in [1.807, 2.05) is 12.1 Å². The Morgan fingerprint density at radius 3 is 2.50 bits per heavy atom. The second-order valence-electron chi connectivity index (χ2n) is 7.62. The van der Waals surface area contributed by atoms with E-state index in [1.165, 1.54) is 39.6 Å². The van der Waals surface area contributed by atoms with Crippen LogP contribution in [0.1, 0.15) is 35.6 Å². The summed E-state index contributed by atoms with van der Waals surface area (Å²) in [4.78, 5) is 0. The minimum Gasteiger partial charge on any atom is -0.270 e. The van der Waals surface area contributed by atoms with Gasteiger partial charge in [0.2, 0.25) is 10.0 Å². The van der Waals surface area contributed by atoms with Gasteiger partial charge in [0.1, 0.15) is 0 Å². The molecule has 24 heavy (non-hydrogen) atoms. The molecule has 0 bridgehead atoms. The fourth-order valence-corrected chi connectivity index (χ4v) is 5.35. The molecule has 0 amide bonds. The fourth-order valence-electron chi connectivity index (χ4n) is 4.42. The Hall–Kier alpha value is -1.81. The predicted molar refractivity (Wildman–Crippen MR) is 99.2 cm³/mol. The highest BCUT2D eigenvalue weighted by Gasteiger charge is 2.42. The number of benzene rings is 2. The van der Waals surface area contributed by atoms with Crippen molar-refractivity contribution in [3.63, 3.8) is 0 Å². The van der Waals surface area contributed by atoms with E-state index >= 15 is 0 Å². The van der Waals surface area contributed by atoms with Crippen molar-refractivity contribution in [1.82, 2.24) is 0 Å². The molecule has 1 aliphatic carbocycles. The average molecular weight is 341 g/mol. The molecule has 4 rings (SSSR count). The van der Waals surface area contributed by atoms with Crippen molar-refractivity contribution in [2.24, 2.45) is 0 Å². The Balaban J connectivity index is 2.05. The quantitative estimate of drug-likeness (QED) is 0.787. The monoisotopic (exact) mass is 341 g/mol. The summed E-state index contributed by atoms with van der Waals surface area (Å²) in [6.45, 7) is 7.15. The number of rotatable bonds is 1. The molecule has 126 valence electrons. The first-order valence-corrected chi connectivity index (χ1v) is 10.3. The van der Waals surface area contributed by atoms with E-state index < -0.39 is 10.0 Å². The van der Waals surface area contributed by atoms with E-state index in [9.17, 15) is 8.42 Å². The van der Waals surface area contributed by atoms with Gasteiger partial charge in [-0.3, -0.25) is 4.31 Å². The number of fused-ring (bicyclic) bond motifs is 2. The second kappa shape index (κ2) is 4.85. The Labute approximate surface area is 144 Å². The molecule has 0 N–H and O–H groups in total. The Kier molecular flexibility index (Phi) is 3.17. The van der Waals surface area contributed by atoms with Gasteiger partial charge in [-0.25, -0.2) is 8.42 Å². The number of hydrogen-bond acceptors (Lipinski definition) is 2. The summed E-state index contributed by atoms with van der Waals surface area (Å²) >= 11 is 0. The standard InChI is InChI=1S/C20H23NO2S/c1-13-10-15-12-20(3)8-9-21(24(4,22)23)18-7-5-6-16(19(18)20)17(15)11-14(13)2/h5-7,10-11H,8-9,12H2,1-4H3. The first-order valence-electron chi connectivity index (χ1n) is 8.42. The highest BCUT2D eigenvalue weighted by atomic mass is 32.2. The van der Waals surface area contributed by atoms with Gasteiger partial charge in [-0.05, 0) is 66.1 Å². The van der Waals surface area contributed by atoms with Gasteiger partial charge >= 0.3 is 0 Å². The van der Waals surface area contributed by atoms with Crippen molar-refractivity contribution < 1.29 is 8.42 Å². The molecule has 4 heteroatoms. The topological polar surface area (TPSA) is 37.4 Å². The van der Waals surface area contributed by atoms with Crippen LogP contribution >= 0.6 is 0 Å². The number of aryl methyl sites for hydroxylation is 2. The van der Waals surface area contributed by atoms with Crippen molar-refractivity contribution in [3.05, 3.63) is 52.6 Å². The van der Waals surface area contributed by atoms with Crippen molar-refractivity contribution in [2.45, 2.75) is 39.0 Å². The number of hydrogen-bond donors (Lipinski definition) is 0. The first kappa shape index (κ1) is 15.7. The van der Waals surface area contributed by atoms with Crippen LogP contribution in [0.15, 0.2) is 30.3 Å². The Morgan fingerprint density at radius 1 is 1.08 bits per heavy atom. The molecule has 1 unspecified atom stereocenters. The molecule has 1 aliphatic heterocycles. The third kappa shape index (κ3) is 2.12. The molecule has 0 aromatic heterocycles. The zero-order valence-corrected chi connectivity index (χ0v) is 15.5. The maximum Gasteiger partial charge on any atom is 0.232 e. The summed E-state index contributed by atoms with van der Waals surface area (Å²) in [6.07, 6.45) is 3.14. The molecule has 2 aromatic rings. The van der Waals surface area contributed by atoms with Crippen LogP contribution in [-0.2, 0) is 21.9 Å². The van der Waals surface area contributed by atoms with Gasteiger partial charge in [0, 0.05) is 12.0 Å². The lowest BCUT2D eigenvalue weighted by Crippen LogP contribution is -2.44. The smallest absolute Gasteiger partial charge is 0.232 e. The van der Waals surface area contributed by atoms with Crippen LogP contribution in [0.3, 0.4) is 0 Å². The zero-order chi connectivity index (χ0) is 17.3. The molecule has 3 nitrogen and oxygen atoms in total. The molecule has 0 saturated heterocycles. The molecule has 0 spiro atoms. The minimum absolute atomic E-state index is 0.00180.